The maximum absolute atomic E-state index is 12.2. The molecule has 2 amide bonds. The van der Waals surface area contributed by atoms with E-state index >= 15 is 0 Å². The van der Waals surface area contributed by atoms with Crippen LogP contribution in [0.5, 0.6) is 5.88 Å². The van der Waals surface area contributed by atoms with Crippen molar-refractivity contribution in [2.75, 3.05) is 27.4 Å². The number of nitrogens with one attached hydrogen (secondary N) is 1. The summed E-state index contributed by atoms with van der Waals surface area (Å²) in [6.07, 6.45) is 1.68. The van der Waals surface area contributed by atoms with Crippen LogP contribution < -0.4 is 10.1 Å². The Kier molecular flexibility index (Phi) is 7.50. The number of urea groups is 1. The molecule has 0 saturated carbocycles. The van der Waals surface area contributed by atoms with Crippen LogP contribution in [0.4, 0.5) is 4.79 Å². The van der Waals surface area contributed by atoms with Gasteiger partial charge in [0.15, 0.2) is 0 Å². The van der Waals surface area contributed by atoms with Crippen LogP contribution >= 0.6 is 11.6 Å². The third-order valence-electron chi connectivity index (χ3n) is 3.46. The molecule has 7 heteroatoms. The molecule has 1 aromatic carbocycles. The van der Waals surface area contributed by atoms with Crippen LogP contribution in [0.2, 0.25) is 5.02 Å². The summed E-state index contributed by atoms with van der Waals surface area (Å²) in [5.41, 5.74) is 1.91. The number of halogens is 1. The van der Waals surface area contributed by atoms with Gasteiger partial charge in [0.25, 0.3) is 0 Å². The van der Waals surface area contributed by atoms with E-state index < -0.39 is 0 Å². The van der Waals surface area contributed by atoms with Gasteiger partial charge in [-0.05, 0) is 23.3 Å². The molecule has 0 aliphatic heterocycles. The molecule has 25 heavy (non-hydrogen) atoms. The summed E-state index contributed by atoms with van der Waals surface area (Å²) in [5.74, 6) is 0.534. The number of hydrogen-bond acceptors (Lipinski definition) is 4. The summed E-state index contributed by atoms with van der Waals surface area (Å²) in [4.78, 5) is 18.0. The molecule has 0 aliphatic carbocycles. The van der Waals surface area contributed by atoms with Gasteiger partial charge in [-0.1, -0.05) is 29.8 Å². The van der Waals surface area contributed by atoms with Crippen LogP contribution in [-0.4, -0.2) is 43.3 Å². The van der Waals surface area contributed by atoms with Crippen LogP contribution in [-0.2, 0) is 17.8 Å². The zero-order chi connectivity index (χ0) is 18.1. The van der Waals surface area contributed by atoms with Crippen LogP contribution in [0.1, 0.15) is 11.1 Å². The molecule has 0 spiro atoms. The molecule has 0 aliphatic rings. The molecule has 2 rings (SSSR count). The minimum absolute atomic E-state index is 0.157. The van der Waals surface area contributed by atoms with E-state index in [0.29, 0.717) is 37.2 Å². The van der Waals surface area contributed by atoms with Crippen molar-refractivity contribution in [1.82, 2.24) is 15.2 Å². The van der Waals surface area contributed by atoms with Crippen molar-refractivity contribution in [3.63, 3.8) is 0 Å². The van der Waals surface area contributed by atoms with Gasteiger partial charge in [-0.15, -0.1) is 0 Å². The number of methoxy groups -OCH3 is 1. The summed E-state index contributed by atoms with van der Waals surface area (Å²) < 4.78 is 10.3. The van der Waals surface area contributed by atoms with Gasteiger partial charge < -0.3 is 19.7 Å². The second kappa shape index (κ2) is 9.86. The number of nitrogens with zero attached hydrogens (tertiary/aromatic N) is 2. The highest BCUT2D eigenvalue weighted by Crippen LogP contribution is 2.11. The average molecular weight is 364 g/mol. The molecule has 1 N–H and O–H groups in total. The van der Waals surface area contributed by atoms with Crippen LogP contribution in [0.3, 0.4) is 0 Å². The number of carbonyl (C=O) groups excluding carboxylic acids is 1. The Labute approximate surface area is 152 Å². The number of benzene rings is 1. The molecule has 1 aromatic heterocycles. The van der Waals surface area contributed by atoms with Gasteiger partial charge >= 0.3 is 6.03 Å². The van der Waals surface area contributed by atoms with Crippen LogP contribution in [0.25, 0.3) is 0 Å². The third kappa shape index (κ3) is 6.60. The van der Waals surface area contributed by atoms with Gasteiger partial charge in [0.05, 0.1) is 6.61 Å². The Morgan fingerprint density at radius 1 is 1.16 bits per heavy atom. The topological polar surface area (TPSA) is 63.7 Å². The monoisotopic (exact) mass is 363 g/mol. The van der Waals surface area contributed by atoms with Gasteiger partial charge in [0.1, 0.15) is 6.61 Å². The lowest BCUT2D eigenvalue weighted by molar-refractivity contribution is 0.143. The number of aromatic nitrogens is 1. The first kappa shape index (κ1) is 19.0. The molecule has 0 saturated heterocycles. The van der Waals surface area contributed by atoms with Crippen molar-refractivity contribution in [3.05, 3.63) is 58.7 Å². The number of hydrogen-bond donors (Lipinski definition) is 1. The number of ether oxygens (including phenoxy) is 2. The Balaban J connectivity index is 1.77. The Bertz CT molecular complexity index is 662. The maximum atomic E-state index is 12.2. The highest BCUT2D eigenvalue weighted by Gasteiger charge is 2.09. The second-order valence-corrected chi connectivity index (χ2v) is 5.92. The normalized spacial score (nSPS) is 10.4. The quantitative estimate of drug-likeness (QED) is 0.732. The van der Waals surface area contributed by atoms with Crippen molar-refractivity contribution in [1.29, 1.82) is 0 Å². The van der Waals surface area contributed by atoms with Crippen LogP contribution in [0.15, 0.2) is 42.6 Å². The predicted octanol–water partition coefficient (Wildman–Crippen LogP) is 3.10. The highest BCUT2D eigenvalue weighted by atomic mass is 35.5. The number of pyridine rings is 1. The minimum Gasteiger partial charge on any atom is -0.475 e. The van der Waals surface area contributed by atoms with Gasteiger partial charge in [-0.3, -0.25) is 0 Å². The molecule has 0 bridgehead atoms. The van der Waals surface area contributed by atoms with E-state index in [1.54, 1.807) is 31.3 Å². The number of rotatable bonds is 8. The third-order valence-corrected chi connectivity index (χ3v) is 3.71. The molecule has 134 valence electrons. The Morgan fingerprint density at radius 3 is 2.52 bits per heavy atom. The SMILES string of the molecule is COCCOc1ccc(CNC(=O)N(C)Cc2ccc(Cl)cc2)cn1. The van der Waals surface area contributed by atoms with E-state index in [1.165, 1.54) is 0 Å². The van der Waals surface area contributed by atoms with Crippen molar-refractivity contribution in [2.45, 2.75) is 13.1 Å². The number of carbonyl (C=O) groups is 1. The van der Waals surface area contributed by atoms with Gasteiger partial charge in [-0.2, -0.15) is 0 Å². The lowest BCUT2D eigenvalue weighted by atomic mass is 10.2. The lowest BCUT2D eigenvalue weighted by Crippen LogP contribution is -2.36. The summed E-state index contributed by atoms with van der Waals surface area (Å²) >= 11 is 5.86. The fourth-order valence-corrected chi connectivity index (χ4v) is 2.20. The number of amides is 2. The van der Waals surface area contributed by atoms with Crippen LogP contribution in [0, 0.1) is 0 Å². The molecule has 1 heterocycles. The fraction of sp³-hybridized carbons (Fsp3) is 0.333. The molecule has 0 radical (unpaired) electrons. The zero-order valence-electron chi connectivity index (χ0n) is 14.4. The first-order valence-electron chi connectivity index (χ1n) is 7.88. The maximum Gasteiger partial charge on any atom is 0.317 e. The lowest BCUT2D eigenvalue weighted by Gasteiger charge is -2.18. The molecule has 6 nitrogen and oxygen atoms in total. The van der Waals surface area contributed by atoms with E-state index in [2.05, 4.69) is 10.3 Å². The largest absolute Gasteiger partial charge is 0.475 e. The smallest absolute Gasteiger partial charge is 0.317 e. The molecule has 0 unspecified atom stereocenters. The first-order chi connectivity index (χ1) is 12.1. The zero-order valence-corrected chi connectivity index (χ0v) is 15.1. The summed E-state index contributed by atoms with van der Waals surface area (Å²) in [7, 11) is 3.36. The second-order valence-electron chi connectivity index (χ2n) is 5.49. The van der Waals surface area contributed by atoms with Gasteiger partial charge in [0, 0.05) is 44.5 Å². The van der Waals surface area contributed by atoms with Crippen molar-refractivity contribution in [2.24, 2.45) is 0 Å². The summed E-state index contributed by atoms with van der Waals surface area (Å²) in [5, 5.41) is 3.54. The summed E-state index contributed by atoms with van der Waals surface area (Å²) in [6, 6.07) is 10.9. The van der Waals surface area contributed by atoms with E-state index in [1.807, 2.05) is 30.3 Å². The molecule has 0 fully saturated rings. The minimum atomic E-state index is -0.157. The van der Waals surface area contributed by atoms with Crippen molar-refractivity contribution in [3.8, 4) is 5.88 Å². The van der Waals surface area contributed by atoms with Crippen molar-refractivity contribution >= 4 is 17.6 Å². The standard InChI is InChI=1S/C18H22ClN3O3/c1-22(13-14-3-6-16(19)7-4-14)18(23)21-12-15-5-8-17(20-11-15)25-10-9-24-2/h3-8,11H,9-10,12-13H2,1-2H3,(H,21,23). The first-order valence-corrected chi connectivity index (χ1v) is 8.26. The molecule has 2 aromatic rings. The predicted molar refractivity (Wildman–Crippen MR) is 96.8 cm³/mol. The van der Waals surface area contributed by atoms with Gasteiger partial charge in [-0.25, -0.2) is 9.78 Å². The van der Waals surface area contributed by atoms with E-state index in [9.17, 15) is 4.79 Å². The summed E-state index contributed by atoms with van der Waals surface area (Å²) in [6.45, 7) is 1.87. The molecule has 0 atom stereocenters. The molecular weight excluding hydrogens is 342 g/mol. The van der Waals surface area contributed by atoms with E-state index in [-0.39, 0.29) is 6.03 Å². The fourth-order valence-electron chi connectivity index (χ4n) is 2.08. The molecular formula is C18H22ClN3O3. The van der Waals surface area contributed by atoms with Crippen molar-refractivity contribution < 1.29 is 14.3 Å². The Morgan fingerprint density at radius 2 is 1.88 bits per heavy atom. The van der Waals surface area contributed by atoms with Gasteiger partial charge in [0.2, 0.25) is 5.88 Å². The van der Waals surface area contributed by atoms with E-state index in [0.717, 1.165) is 11.1 Å². The highest BCUT2D eigenvalue weighted by molar-refractivity contribution is 6.30. The average Bonchev–Trinajstić information content (AvgIpc) is 2.63. The van der Waals surface area contributed by atoms with E-state index in [4.69, 9.17) is 21.1 Å². The Hall–Kier alpha value is -2.31.